The third-order valence-electron chi connectivity index (χ3n) is 17.1. The van der Waals surface area contributed by atoms with Crippen LogP contribution >= 0.6 is 0 Å². The SMILES string of the molecule is CC(C)C[C@@H]1NC(=O)[C@H](CCCN)NC(=O)[C@H](C(C)C)NC(=O)[C@@H]2CCCN2C(=O)[C@@H](Cc2ccccc2)NC(=O)[C@H](CC(C)C)NC(=O)[C@H](CCCN)NC(=O)[C@H](C(C)C)NC(=O)[C@@H]2CCCN2C(=O)NC(=O)[C@H](Cc2ccccc2)NC(=O)[C@H](CCCCN)NC1=O. The Morgan fingerprint density at radius 2 is 0.734 bits per heavy atom. The second-order valence-corrected chi connectivity index (χ2v) is 26.5. The molecule has 5 rings (SSSR count). The molecule has 0 unspecified atom stereocenters. The van der Waals surface area contributed by atoms with Crippen LogP contribution in [-0.4, -0.2) is 180 Å². The number of rotatable bonds is 20. The van der Waals surface area contributed by atoms with Crippen molar-refractivity contribution in [1.82, 2.24) is 63.0 Å². The van der Waals surface area contributed by atoms with Crippen molar-refractivity contribution in [3.8, 4) is 0 Å². The van der Waals surface area contributed by atoms with E-state index in [1.807, 2.05) is 27.7 Å². The molecular formula is C67H105N15O12. The summed E-state index contributed by atoms with van der Waals surface area (Å²) in [5.74, 6) is -9.64. The van der Waals surface area contributed by atoms with E-state index < -0.39 is 149 Å². The topological polar surface area (TPSA) is 410 Å². The van der Waals surface area contributed by atoms with Gasteiger partial charge in [-0.3, -0.25) is 58.1 Å². The van der Waals surface area contributed by atoms with E-state index in [1.165, 1.54) is 9.80 Å². The molecule has 11 atom stereocenters. The van der Waals surface area contributed by atoms with Crippen LogP contribution in [0.1, 0.15) is 150 Å². The van der Waals surface area contributed by atoms with Crippen LogP contribution in [0.3, 0.4) is 0 Å². The highest BCUT2D eigenvalue weighted by Crippen LogP contribution is 2.23. The lowest BCUT2D eigenvalue weighted by Gasteiger charge is -2.32. The van der Waals surface area contributed by atoms with Gasteiger partial charge < -0.3 is 74.9 Å². The second-order valence-electron chi connectivity index (χ2n) is 26.5. The van der Waals surface area contributed by atoms with Gasteiger partial charge in [-0.25, -0.2) is 4.79 Å². The van der Waals surface area contributed by atoms with Gasteiger partial charge in [-0.2, -0.15) is 0 Å². The van der Waals surface area contributed by atoms with Gasteiger partial charge in [0.25, 0.3) is 5.91 Å². The van der Waals surface area contributed by atoms with E-state index in [2.05, 4.69) is 53.2 Å². The molecule has 3 aliphatic heterocycles. The summed E-state index contributed by atoms with van der Waals surface area (Å²) in [6, 6.07) is 2.82. The van der Waals surface area contributed by atoms with Crippen molar-refractivity contribution in [2.45, 2.75) is 218 Å². The predicted molar refractivity (Wildman–Crippen MR) is 354 cm³/mol. The van der Waals surface area contributed by atoms with Gasteiger partial charge in [-0.05, 0) is 138 Å². The van der Waals surface area contributed by atoms with Crippen molar-refractivity contribution in [2.24, 2.45) is 40.9 Å². The number of urea groups is 1. The lowest BCUT2D eigenvalue weighted by Crippen LogP contribution is -2.61. The standard InChI is InChI=1S/C67H105N15O12/c1-39(2)35-48-59(86)71-45(25-15-16-30-68)56(83)76-50(37-43-21-11-9-12-22-43)61(88)80-67(94)82-34-20-29-53(82)63(90)79-55(42(7)8)65(92)73-47(27-18-32-70)58(85)75-49(36-40(3)4)60(87)77-51(38-44-23-13-10-14-24-44)66(93)81-33-19-28-52(81)62(89)78-54(41(5)6)64(91)72-46(26-17-31-69)57(84)74-48/h9-14,21-24,39-42,45-55H,15-20,25-38,68-70H2,1-8H3,(H,71,86)(H,72,91)(H,73,92)(H,74,84)(H,75,85)(H,76,83)(H,77,87)(H,78,89)(H,79,90)(H,80,88,94)/t45-,46-,47-,48-,49-,50-,51+,52-,53-,54-,55-/m0/s1. The highest BCUT2D eigenvalue weighted by Gasteiger charge is 2.43. The van der Waals surface area contributed by atoms with Crippen LogP contribution in [-0.2, 0) is 65.6 Å². The Kier molecular flexibility index (Phi) is 31.3. The largest absolute Gasteiger partial charge is 0.343 e. The van der Waals surface area contributed by atoms with Gasteiger partial charge in [0.15, 0.2) is 0 Å². The van der Waals surface area contributed by atoms with Crippen molar-refractivity contribution >= 4 is 71.0 Å². The van der Waals surface area contributed by atoms with Crippen LogP contribution in [0.15, 0.2) is 60.7 Å². The molecule has 3 fully saturated rings. The smallest absolute Gasteiger partial charge is 0.324 e. The highest BCUT2D eigenvalue weighted by atomic mass is 16.2. The molecule has 2 aromatic rings. The number of nitrogens with one attached hydrogen (secondary N) is 10. The molecule has 0 aliphatic carbocycles. The summed E-state index contributed by atoms with van der Waals surface area (Å²) in [4.78, 5) is 177. The Labute approximate surface area is 553 Å². The van der Waals surface area contributed by atoms with E-state index in [1.54, 1.807) is 88.4 Å². The summed E-state index contributed by atoms with van der Waals surface area (Å²) in [5.41, 5.74) is 19.0. The van der Waals surface area contributed by atoms with Gasteiger partial charge in [0, 0.05) is 25.9 Å². The second kappa shape index (κ2) is 38.4. The summed E-state index contributed by atoms with van der Waals surface area (Å²) in [7, 11) is 0. The first-order valence-corrected chi connectivity index (χ1v) is 33.6. The number of carbonyl (C=O) groups is 12. The Hall–Kier alpha value is -8.04. The van der Waals surface area contributed by atoms with Crippen molar-refractivity contribution in [3.63, 3.8) is 0 Å². The minimum absolute atomic E-state index is 0.0135. The molecule has 27 nitrogen and oxygen atoms in total. The number of fused-ring (bicyclic) bond motifs is 2. The summed E-state index contributed by atoms with van der Waals surface area (Å²) < 4.78 is 0. The minimum atomic E-state index is -1.42. The van der Waals surface area contributed by atoms with Gasteiger partial charge in [-0.15, -0.1) is 0 Å². The van der Waals surface area contributed by atoms with Crippen LogP contribution < -0.4 is 70.4 Å². The maximum atomic E-state index is 15.0. The molecule has 3 saturated heterocycles. The average molecular weight is 1310 g/mol. The van der Waals surface area contributed by atoms with E-state index in [4.69, 9.17) is 17.2 Å². The zero-order valence-electron chi connectivity index (χ0n) is 56.1. The molecule has 16 N–H and O–H groups in total. The van der Waals surface area contributed by atoms with Crippen molar-refractivity contribution < 1.29 is 57.5 Å². The summed E-state index contributed by atoms with van der Waals surface area (Å²) in [6.45, 7) is 14.8. The van der Waals surface area contributed by atoms with Gasteiger partial charge in [0.2, 0.25) is 59.1 Å². The summed E-state index contributed by atoms with van der Waals surface area (Å²) in [5, 5.41) is 27.6. The number of carbonyl (C=O) groups excluding carboxylic acids is 12. The van der Waals surface area contributed by atoms with Crippen LogP contribution in [0.2, 0.25) is 0 Å². The number of hydrogen-bond acceptors (Lipinski definition) is 15. The fraction of sp³-hybridized carbons (Fsp3) is 0.642. The first-order valence-electron chi connectivity index (χ1n) is 33.6. The maximum absolute atomic E-state index is 15.0. The van der Waals surface area contributed by atoms with Crippen LogP contribution in [0.4, 0.5) is 4.79 Å². The number of imide groups is 1. The normalized spacial score (nSPS) is 26.0. The average Bonchev–Trinajstić information content (AvgIpc) is 1.59. The zero-order chi connectivity index (χ0) is 69.2. The predicted octanol–water partition coefficient (Wildman–Crippen LogP) is 0.551. The molecule has 3 heterocycles. The van der Waals surface area contributed by atoms with Gasteiger partial charge in [-0.1, -0.05) is 116 Å². The molecule has 2 aromatic carbocycles. The third-order valence-corrected chi connectivity index (χ3v) is 17.1. The fourth-order valence-corrected chi connectivity index (χ4v) is 12.0. The monoisotopic (exact) mass is 1310 g/mol. The van der Waals surface area contributed by atoms with Crippen LogP contribution in [0, 0.1) is 23.7 Å². The molecule has 27 heteroatoms. The number of benzene rings is 2. The molecule has 3 aliphatic rings. The van der Waals surface area contributed by atoms with Gasteiger partial charge >= 0.3 is 6.03 Å². The molecule has 13 amide bonds. The van der Waals surface area contributed by atoms with Gasteiger partial charge in [0.05, 0.1) is 0 Å². The molecular weight excluding hydrogens is 1210 g/mol. The van der Waals surface area contributed by atoms with Gasteiger partial charge in [0.1, 0.15) is 66.5 Å². The molecule has 520 valence electrons. The van der Waals surface area contributed by atoms with E-state index in [9.17, 15) is 52.7 Å². The van der Waals surface area contributed by atoms with E-state index in [-0.39, 0.29) is 115 Å². The molecule has 0 aromatic heterocycles. The molecule has 0 saturated carbocycles. The minimum Gasteiger partial charge on any atom is -0.343 e. The third kappa shape index (κ3) is 23.5. The number of amides is 13. The van der Waals surface area contributed by atoms with E-state index in [0.29, 0.717) is 36.8 Å². The Balaban J connectivity index is 1.58. The Morgan fingerprint density at radius 3 is 1.15 bits per heavy atom. The zero-order valence-corrected chi connectivity index (χ0v) is 56.1. The van der Waals surface area contributed by atoms with E-state index >= 15 is 4.79 Å². The number of hydrogen-bond donors (Lipinski definition) is 13. The molecule has 0 bridgehead atoms. The van der Waals surface area contributed by atoms with Crippen molar-refractivity contribution in [2.75, 3.05) is 32.7 Å². The lowest BCUT2D eigenvalue weighted by molar-refractivity contribution is -0.143. The fourth-order valence-electron chi connectivity index (χ4n) is 12.0. The summed E-state index contributed by atoms with van der Waals surface area (Å²) in [6.07, 6.45) is 2.58. The number of nitrogens with zero attached hydrogens (tertiary/aromatic N) is 2. The quantitative estimate of drug-likeness (QED) is 0.0806. The highest BCUT2D eigenvalue weighted by molar-refractivity contribution is 6.02. The summed E-state index contributed by atoms with van der Waals surface area (Å²) >= 11 is 0. The molecule has 0 radical (unpaired) electrons. The van der Waals surface area contributed by atoms with Crippen molar-refractivity contribution in [3.05, 3.63) is 71.8 Å². The first-order chi connectivity index (χ1) is 44.8. The van der Waals surface area contributed by atoms with Crippen molar-refractivity contribution in [1.29, 1.82) is 0 Å². The van der Waals surface area contributed by atoms with E-state index in [0.717, 1.165) is 0 Å². The first kappa shape index (κ1) is 76.7. The Bertz CT molecular complexity index is 2880. The maximum Gasteiger partial charge on any atom is 0.324 e. The number of nitrogens with two attached hydrogens (primary N) is 3. The van der Waals surface area contributed by atoms with Crippen LogP contribution in [0.25, 0.3) is 0 Å². The van der Waals surface area contributed by atoms with Crippen LogP contribution in [0.5, 0.6) is 0 Å². The number of unbranched alkanes of at least 4 members (excludes halogenated alkanes) is 1. The lowest BCUT2D eigenvalue weighted by atomic mass is 9.99. The molecule has 0 spiro atoms. The Morgan fingerprint density at radius 1 is 0.383 bits per heavy atom. The molecule has 94 heavy (non-hydrogen) atoms.